The van der Waals surface area contributed by atoms with Crippen LogP contribution in [0.15, 0.2) is 24.3 Å². The van der Waals surface area contributed by atoms with Crippen LogP contribution in [0, 0.1) is 46.3 Å². The number of carbonyl (C=O) groups is 1. The zero-order valence-corrected chi connectivity index (χ0v) is 23.3. The van der Waals surface area contributed by atoms with Gasteiger partial charge in [0.2, 0.25) is 0 Å². The molecule has 2 N–H and O–H groups in total. The third-order valence-electron chi connectivity index (χ3n) is 11.7. The van der Waals surface area contributed by atoms with E-state index in [9.17, 15) is 15.0 Å². The van der Waals surface area contributed by atoms with E-state index in [4.69, 9.17) is 16.3 Å². The van der Waals surface area contributed by atoms with Gasteiger partial charge in [-0.25, -0.2) is 4.79 Å². The van der Waals surface area contributed by atoms with Crippen LogP contribution in [-0.4, -0.2) is 27.9 Å². The van der Waals surface area contributed by atoms with Crippen LogP contribution in [0.25, 0.3) is 0 Å². The number of aliphatic hydroxyl groups excluding tert-OH is 1. The Morgan fingerprint density at radius 3 is 2.53 bits per heavy atom. The Morgan fingerprint density at radius 2 is 1.83 bits per heavy atom. The predicted molar refractivity (Wildman–Crippen MR) is 143 cm³/mol. The van der Waals surface area contributed by atoms with Gasteiger partial charge in [-0.05, 0) is 122 Å². The average Bonchev–Trinajstić information content (AvgIpc) is 3.21. The highest BCUT2D eigenvalue weighted by Gasteiger charge is 2.65. The van der Waals surface area contributed by atoms with Crippen LogP contribution in [0.1, 0.15) is 91.9 Å². The molecule has 0 bridgehead atoms. The van der Waals surface area contributed by atoms with Crippen molar-refractivity contribution in [1.29, 1.82) is 0 Å². The molecule has 4 aliphatic carbocycles. The lowest BCUT2D eigenvalue weighted by molar-refractivity contribution is -0.194. The van der Waals surface area contributed by atoms with Crippen LogP contribution in [0.3, 0.4) is 0 Å². The number of halogens is 1. The molecule has 0 heterocycles. The van der Waals surface area contributed by atoms with E-state index in [0.29, 0.717) is 53.2 Å². The van der Waals surface area contributed by atoms with Gasteiger partial charge >= 0.3 is 5.97 Å². The van der Waals surface area contributed by atoms with Crippen LogP contribution in [0.4, 0.5) is 0 Å². The molecule has 4 aliphatic rings. The van der Waals surface area contributed by atoms with E-state index in [1.807, 2.05) is 0 Å². The minimum absolute atomic E-state index is 0.0245. The average molecular weight is 517 g/mol. The third-order valence-corrected chi connectivity index (χ3v) is 12.0. The van der Waals surface area contributed by atoms with Crippen LogP contribution in [0.2, 0.25) is 5.02 Å². The number of esters is 1. The largest absolute Gasteiger partial charge is 0.424 e. The molecule has 1 aromatic rings. The molecule has 0 saturated heterocycles. The van der Waals surface area contributed by atoms with Gasteiger partial charge in [0.1, 0.15) is 5.75 Å². The van der Waals surface area contributed by atoms with Crippen LogP contribution < -0.4 is 4.74 Å². The molecule has 4 fully saturated rings. The number of aliphatic hydroxyl groups is 2. The van der Waals surface area contributed by atoms with Crippen molar-refractivity contribution in [2.75, 3.05) is 0 Å². The fourth-order valence-corrected chi connectivity index (χ4v) is 9.84. The first-order valence-electron chi connectivity index (χ1n) is 14.4. The van der Waals surface area contributed by atoms with Gasteiger partial charge in [-0.3, -0.25) is 0 Å². The van der Waals surface area contributed by atoms with Gasteiger partial charge < -0.3 is 14.9 Å². The quantitative estimate of drug-likeness (QED) is 0.325. The van der Waals surface area contributed by atoms with Crippen LogP contribution >= 0.6 is 11.6 Å². The second-order valence-electron chi connectivity index (χ2n) is 13.3. The van der Waals surface area contributed by atoms with Crippen molar-refractivity contribution in [3.05, 3.63) is 29.3 Å². The number of fused-ring (bicyclic) bond motifs is 5. The minimum atomic E-state index is -1.45. The summed E-state index contributed by atoms with van der Waals surface area (Å²) in [7, 11) is 0. The standard InChI is InChI=1S/C31H45ClO4/c1-5-6-19(2)24-13-14-25-23-12-7-20-18-31(35,28(34)36-22-10-8-21(32)9-11-22)16-15-29(20,3)26(23)17-27(33)30(24,25)4/h8-11,19-20,23-27,33,35H,5-7,12-18H2,1-4H3/t19-,20-,23?,24-,25?,26?,27+,29+,30-,31-/m1/s1. The summed E-state index contributed by atoms with van der Waals surface area (Å²) in [5, 5.41) is 23.7. The van der Waals surface area contributed by atoms with Crippen molar-refractivity contribution in [2.45, 2.75) is 104 Å². The summed E-state index contributed by atoms with van der Waals surface area (Å²) in [4.78, 5) is 13.1. The summed E-state index contributed by atoms with van der Waals surface area (Å²) in [6.45, 7) is 9.48. The number of hydrogen-bond acceptors (Lipinski definition) is 4. The van der Waals surface area contributed by atoms with E-state index in [1.165, 1.54) is 25.7 Å². The van der Waals surface area contributed by atoms with Gasteiger partial charge in [0.15, 0.2) is 5.60 Å². The SMILES string of the molecule is CCC[C@@H](C)[C@H]1CCC2C3CC[C@@H]4C[C@@](O)(C(=O)Oc5ccc(Cl)cc5)CC[C@]4(C)C3C[C@H](O)[C@@]21C. The van der Waals surface area contributed by atoms with Gasteiger partial charge in [-0.2, -0.15) is 0 Å². The monoisotopic (exact) mass is 516 g/mol. The molecule has 3 unspecified atom stereocenters. The highest BCUT2D eigenvalue weighted by molar-refractivity contribution is 6.30. The summed E-state index contributed by atoms with van der Waals surface area (Å²) in [5.41, 5.74) is -1.38. The number of benzene rings is 1. The lowest BCUT2D eigenvalue weighted by Gasteiger charge is -2.63. The molecule has 10 atom stereocenters. The molecule has 5 rings (SSSR count). The van der Waals surface area contributed by atoms with Crippen molar-refractivity contribution >= 4 is 17.6 Å². The minimum Gasteiger partial charge on any atom is -0.424 e. The van der Waals surface area contributed by atoms with Gasteiger partial charge in [0, 0.05) is 5.02 Å². The second kappa shape index (κ2) is 9.58. The molecule has 0 amide bonds. The smallest absolute Gasteiger partial charge is 0.343 e. The first kappa shape index (κ1) is 26.5. The number of hydrogen-bond donors (Lipinski definition) is 2. The fourth-order valence-electron chi connectivity index (χ4n) is 9.72. The zero-order chi connectivity index (χ0) is 25.9. The van der Waals surface area contributed by atoms with E-state index in [1.54, 1.807) is 24.3 Å². The van der Waals surface area contributed by atoms with E-state index in [2.05, 4.69) is 27.7 Å². The van der Waals surface area contributed by atoms with Crippen molar-refractivity contribution in [3.8, 4) is 5.75 Å². The highest BCUT2D eigenvalue weighted by Crippen LogP contribution is 2.69. The molecule has 36 heavy (non-hydrogen) atoms. The maximum atomic E-state index is 13.1. The molecule has 4 saturated carbocycles. The number of carbonyl (C=O) groups excluding carboxylic acids is 1. The Balaban J connectivity index is 1.32. The van der Waals surface area contributed by atoms with E-state index < -0.39 is 11.6 Å². The summed E-state index contributed by atoms with van der Waals surface area (Å²) >= 11 is 5.95. The van der Waals surface area contributed by atoms with Crippen molar-refractivity contribution < 1.29 is 19.7 Å². The molecule has 4 nitrogen and oxygen atoms in total. The lowest BCUT2D eigenvalue weighted by atomic mass is 9.43. The van der Waals surface area contributed by atoms with Gasteiger partial charge in [-0.1, -0.05) is 52.1 Å². The fraction of sp³-hybridized carbons (Fsp3) is 0.774. The van der Waals surface area contributed by atoms with Crippen molar-refractivity contribution in [1.82, 2.24) is 0 Å². The first-order valence-corrected chi connectivity index (χ1v) is 14.8. The van der Waals surface area contributed by atoms with E-state index >= 15 is 0 Å². The number of ether oxygens (including phenoxy) is 1. The second-order valence-corrected chi connectivity index (χ2v) is 13.7. The van der Waals surface area contributed by atoms with Gasteiger partial charge in [0.25, 0.3) is 0 Å². The highest BCUT2D eigenvalue weighted by atomic mass is 35.5. The summed E-state index contributed by atoms with van der Waals surface area (Å²) in [6, 6.07) is 6.70. The summed E-state index contributed by atoms with van der Waals surface area (Å²) in [6.07, 6.45) is 9.43. The Bertz CT molecular complexity index is 964. The first-order chi connectivity index (χ1) is 17.0. The van der Waals surface area contributed by atoms with Gasteiger partial charge in [-0.15, -0.1) is 0 Å². The molecule has 0 radical (unpaired) electrons. The normalized spacial score (nSPS) is 44.8. The Hall–Kier alpha value is -1.10. The van der Waals surface area contributed by atoms with Crippen molar-refractivity contribution in [3.63, 3.8) is 0 Å². The molecule has 0 spiro atoms. The molecule has 0 aromatic heterocycles. The number of rotatable bonds is 5. The van der Waals surface area contributed by atoms with Crippen LogP contribution in [-0.2, 0) is 4.79 Å². The predicted octanol–water partition coefficient (Wildman–Crippen LogP) is 7.04. The Kier molecular flexibility index (Phi) is 7.05. The van der Waals surface area contributed by atoms with E-state index in [0.717, 1.165) is 25.7 Å². The van der Waals surface area contributed by atoms with Gasteiger partial charge in [0.05, 0.1) is 6.10 Å². The molecule has 1 aromatic carbocycles. The zero-order valence-electron chi connectivity index (χ0n) is 22.5. The maximum absolute atomic E-state index is 13.1. The maximum Gasteiger partial charge on any atom is 0.343 e. The molecule has 0 aliphatic heterocycles. The molecular weight excluding hydrogens is 472 g/mol. The molecular formula is C31H45ClO4. The molecule has 200 valence electrons. The Morgan fingerprint density at radius 1 is 1.11 bits per heavy atom. The van der Waals surface area contributed by atoms with Crippen LogP contribution in [0.5, 0.6) is 5.75 Å². The lowest BCUT2D eigenvalue weighted by Crippen LogP contribution is -2.61. The van der Waals surface area contributed by atoms with E-state index in [-0.39, 0.29) is 22.9 Å². The Labute approximate surface area is 222 Å². The van der Waals surface area contributed by atoms with Crippen molar-refractivity contribution in [2.24, 2.45) is 46.3 Å². The summed E-state index contributed by atoms with van der Waals surface area (Å²) in [5.74, 6) is 3.10. The summed E-state index contributed by atoms with van der Waals surface area (Å²) < 4.78 is 5.58. The topological polar surface area (TPSA) is 66.8 Å². The molecule has 5 heteroatoms. The third kappa shape index (κ3) is 4.14.